The number of hydrogen-bond acceptors (Lipinski definition) is 2. The first-order valence-electron chi connectivity index (χ1n) is 8.30. The molecule has 0 radical (unpaired) electrons. The quantitative estimate of drug-likeness (QED) is 0.923. The fourth-order valence-electron chi connectivity index (χ4n) is 3.44. The number of nitrogens with two attached hydrogens (primary N) is 1. The second-order valence-corrected chi connectivity index (χ2v) is 6.76. The van der Waals surface area contributed by atoms with E-state index in [-0.39, 0.29) is 5.91 Å². The Morgan fingerprint density at radius 3 is 2.05 bits per heavy atom. The lowest BCUT2D eigenvalue weighted by atomic mass is 9.86. The van der Waals surface area contributed by atoms with Crippen LogP contribution in [0, 0.1) is 5.92 Å². The van der Waals surface area contributed by atoms with Gasteiger partial charge in [-0.25, -0.2) is 0 Å². The predicted octanol–water partition coefficient (Wildman–Crippen LogP) is 3.33. The molecule has 21 heavy (non-hydrogen) atoms. The van der Waals surface area contributed by atoms with Crippen LogP contribution in [-0.4, -0.2) is 22.9 Å². The summed E-state index contributed by atoms with van der Waals surface area (Å²) in [5, 5.41) is 0. The van der Waals surface area contributed by atoms with Gasteiger partial charge in [0, 0.05) is 24.2 Å². The Morgan fingerprint density at radius 1 is 1.05 bits per heavy atom. The van der Waals surface area contributed by atoms with Gasteiger partial charge in [-0.05, 0) is 62.1 Å². The molecule has 0 saturated heterocycles. The Morgan fingerprint density at radius 2 is 1.57 bits per heavy atom. The van der Waals surface area contributed by atoms with Gasteiger partial charge in [-0.1, -0.05) is 19.1 Å². The van der Waals surface area contributed by atoms with Gasteiger partial charge < -0.3 is 10.6 Å². The highest BCUT2D eigenvalue weighted by atomic mass is 16.2. The van der Waals surface area contributed by atoms with Crippen LogP contribution in [0.2, 0.25) is 0 Å². The molecule has 2 aliphatic carbocycles. The number of nitrogens with zero attached hydrogens (tertiary/aromatic N) is 1. The number of benzene rings is 1. The van der Waals surface area contributed by atoms with Crippen LogP contribution >= 0.6 is 0 Å². The van der Waals surface area contributed by atoms with Crippen molar-refractivity contribution in [2.24, 2.45) is 11.7 Å². The van der Waals surface area contributed by atoms with Crippen LogP contribution in [0.3, 0.4) is 0 Å². The summed E-state index contributed by atoms with van der Waals surface area (Å²) in [5.41, 5.74) is 7.53. The zero-order valence-electron chi connectivity index (χ0n) is 12.9. The fraction of sp³-hybridized carbons (Fsp3) is 0.611. The van der Waals surface area contributed by atoms with Crippen LogP contribution < -0.4 is 5.73 Å². The normalized spacial score (nSPS) is 25.6. The van der Waals surface area contributed by atoms with Crippen molar-refractivity contribution < 1.29 is 4.79 Å². The maximum Gasteiger partial charge on any atom is 0.254 e. The summed E-state index contributed by atoms with van der Waals surface area (Å²) in [6.45, 7) is 2.85. The van der Waals surface area contributed by atoms with Crippen molar-refractivity contribution in [3.8, 4) is 0 Å². The minimum absolute atomic E-state index is 0.223. The summed E-state index contributed by atoms with van der Waals surface area (Å²) in [4.78, 5) is 15.1. The van der Waals surface area contributed by atoms with E-state index in [9.17, 15) is 4.79 Å². The van der Waals surface area contributed by atoms with Crippen molar-refractivity contribution in [1.29, 1.82) is 0 Å². The summed E-state index contributed by atoms with van der Waals surface area (Å²) in [5.74, 6) is 1.04. The topological polar surface area (TPSA) is 46.3 Å². The highest BCUT2D eigenvalue weighted by Crippen LogP contribution is 2.36. The molecule has 2 fully saturated rings. The van der Waals surface area contributed by atoms with Crippen molar-refractivity contribution in [2.75, 3.05) is 0 Å². The minimum atomic E-state index is 0.223. The van der Waals surface area contributed by atoms with Crippen molar-refractivity contribution >= 4 is 5.91 Å². The van der Waals surface area contributed by atoms with Crippen molar-refractivity contribution in [1.82, 2.24) is 4.90 Å². The van der Waals surface area contributed by atoms with Crippen LogP contribution in [0.25, 0.3) is 0 Å². The van der Waals surface area contributed by atoms with E-state index in [1.165, 1.54) is 38.5 Å². The second kappa shape index (κ2) is 6.18. The molecule has 114 valence electrons. The number of hydrogen-bond donors (Lipinski definition) is 1. The monoisotopic (exact) mass is 286 g/mol. The van der Waals surface area contributed by atoms with Crippen molar-refractivity contribution in [2.45, 2.75) is 64.1 Å². The van der Waals surface area contributed by atoms with Crippen LogP contribution in [0.5, 0.6) is 0 Å². The van der Waals surface area contributed by atoms with E-state index < -0.39 is 0 Å². The molecule has 0 unspecified atom stereocenters. The zero-order valence-corrected chi connectivity index (χ0v) is 12.9. The largest absolute Gasteiger partial charge is 0.333 e. The third kappa shape index (κ3) is 3.29. The Balaban J connectivity index is 1.75. The summed E-state index contributed by atoms with van der Waals surface area (Å²) in [6, 6.07) is 8.76. The van der Waals surface area contributed by atoms with E-state index in [0.29, 0.717) is 18.6 Å². The van der Waals surface area contributed by atoms with Gasteiger partial charge >= 0.3 is 0 Å². The lowest BCUT2D eigenvalue weighted by molar-refractivity contribution is 0.0593. The number of carbonyl (C=O) groups excluding carboxylic acids is 1. The van der Waals surface area contributed by atoms with Gasteiger partial charge in [0.05, 0.1) is 0 Å². The van der Waals surface area contributed by atoms with Gasteiger partial charge in [-0.3, -0.25) is 4.79 Å². The van der Waals surface area contributed by atoms with E-state index in [1.54, 1.807) is 0 Å². The van der Waals surface area contributed by atoms with Gasteiger partial charge in [0.25, 0.3) is 5.91 Å². The Labute approximate surface area is 127 Å². The molecule has 3 nitrogen and oxygen atoms in total. The van der Waals surface area contributed by atoms with E-state index in [4.69, 9.17) is 5.73 Å². The summed E-state index contributed by atoms with van der Waals surface area (Å²) < 4.78 is 0. The summed E-state index contributed by atoms with van der Waals surface area (Å²) in [7, 11) is 0. The first-order valence-corrected chi connectivity index (χ1v) is 8.30. The number of rotatable bonds is 4. The van der Waals surface area contributed by atoms with E-state index in [1.807, 2.05) is 24.3 Å². The van der Waals surface area contributed by atoms with Gasteiger partial charge in [0.15, 0.2) is 0 Å². The maximum absolute atomic E-state index is 12.9. The molecule has 0 aromatic heterocycles. The molecule has 0 aliphatic heterocycles. The fourth-order valence-corrected chi connectivity index (χ4v) is 3.44. The van der Waals surface area contributed by atoms with Gasteiger partial charge in [0.2, 0.25) is 0 Å². The second-order valence-electron chi connectivity index (χ2n) is 6.76. The maximum atomic E-state index is 12.9. The molecule has 1 aromatic rings. The number of amides is 1. The van der Waals surface area contributed by atoms with Crippen LogP contribution in [0.15, 0.2) is 24.3 Å². The van der Waals surface area contributed by atoms with E-state index in [0.717, 1.165) is 17.0 Å². The molecule has 2 N–H and O–H groups in total. The Hall–Kier alpha value is -1.35. The van der Waals surface area contributed by atoms with Crippen LogP contribution in [0.1, 0.15) is 61.4 Å². The van der Waals surface area contributed by atoms with E-state index >= 15 is 0 Å². The highest BCUT2D eigenvalue weighted by Gasteiger charge is 2.38. The summed E-state index contributed by atoms with van der Waals surface area (Å²) >= 11 is 0. The third-order valence-electron chi connectivity index (χ3n) is 4.99. The molecule has 0 heterocycles. The molecule has 3 heteroatoms. The van der Waals surface area contributed by atoms with Gasteiger partial charge in [0.1, 0.15) is 0 Å². The van der Waals surface area contributed by atoms with E-state index in [2.05, 4.69) is 11.8 Å². The Bertz CT molecular complexity index is 484. The predicted molar refractivity (Wildman–Crippen MR) is 84.9 cm³/mol. The van der Waals surface area contributed by atoms with Crippen LogP contribution in [-0.2, 0) is 6.54 Å². The molecule has 3 rings (SSSR count). The molecule has 1 amide bonds. The molecule has 0 bridgehead atoms. The SMILES string of the molecule is CC1CCC(N(C(=O)c2ccc(CN)cc2)C2CC2)CC1. The van der Waals surface area contributed by atoms with Crippen LogP contribution in [0.4, 0.5) is 0 Å². The first-order chi connectivity index (χ1) is 10.2. The molecule has 2 aliphatic rings. The molecular formula is C18H26N2O. The van der Waals surface area contributed by atoms with Gasteiger partial charge in [-0.2, -0.15) is 0 Å². The molecule has 0 atom stereocenters. The Kier molecular flexibility index (Phi) is 4.29. The number of carbonyl (C=O) groups is 1. The molecule has 2 saturated carbocycles. The smallest absolute Gasteiger partial charge is 0.254 e. The van der Waals surface area contributed by atoms with Crippen molar-refractivity contribution in [3.63, 3.8) is 0 Å². The molecular weight excluding hydrogens is 260 g/mol. The lowest BCUT2D eigenvalue weighted by Gasteiger charge is -2.36. The first kappa shape index (κ1) is 14.6. The zero-order chi connectivity index (χ0) is 14.8. The van der Waals surface area contributed by atoms with Gasteiger partial charge in [-0.15, -0.1) is 0 Å². The molecule has 0 spiro atoms. The van der Waals surface area contributed by atoms with Crippen molar-refractivity contribution in [3.05, 3.63) is 35.4 Å². The average molecular weight is 286 g/mol. The molecule has 1 aromatic carbocycles. The minimum Gasteiger partial charge on any atom is -0.333 e. The lowest BCUT2D eigenvalue weighted by Crippen LogP contribution is -2.43. The standard InChI is InChI=1S/C18H26N2O/c1-13-2-8-16(9-3-13)20(17-10-11-17)18(21)15-6-4-14(12-19)5-7-15/h4-7,13,16-17H,2-3,8-12,19H2,1H3. The summed E-state index contributed by atoms with van der Waals surface area (Å²) in [6.07, 6.45) is 7.21. The average Bonchev–Trinajstić information content (AvgIpc) is 3.34. The third-order valence-corrected chi connectivity index (χ3v) is 4.99. The highest BCUT2D eigenvalue weighted by molar-refractivity contribution is 5.94.